The molecule has 1 aliphatic carbocycles. The van der Waals surface area contributed by atoms with E-state index in [-0.39, 0.29) is 5.72 Å². The Labute approximate surface area is 62.7 Å². The van der Waals surface area contributed by atoms with E-state index in [4.69, 9.17) is 10.5 Å². The maximum absolute atomic E-state index is 5.94. The van der Waals surface area contributed by atoms with Crippen LogP contribution in [0.25, 0.3) is 0 Å². The van der Waals surface area contributed by atoms with Crippen molar-refractivity contribution in [1.29, 1.82) is 0 Å². The van der Waals surface area contributed by atoms with Gasteiger partial charge in [-0.1, -0.05) is 12.8 Å². The van der Waals surface area contributed by atoms with E-state index in [2.05, 4.69) is 0 Å². The first-order chi connectivity index (χ1) is 4.77. The highest BCUT2D eigenvalue weighted by Crippen LogP contribution is 2.24. The van der Waals surface area contributed by atoms with Gasteiger partial charge in [0.25, 0.3) is 0 Å². The number of hydrogen-bond acceptors (Lipinski definition) is 2. The normalized spacial score (nSPS) is 25.8. The zero-order valence-electron chi connectivity index (χ0n) is 6.73. The Hall–Kier alpha value is -0.0800. The standard InChI is InChI=1S/C8H17NO/c1-10-8(9)6-4-2-3-5-7-8/h2-7,9H2,1H3. The van der Waals surface area contributed by atoms with Crippen molar-refractivity contribution in [2.24, 2.45) is 5.73 Å². The molecule has 60 valence electrons. The molecule has 0 unspecified atom stereocenters. The second-order valence-electron chi connectivity index (χ2n) is 3.18. The molecule has 0 atom stereocenters. The Kier molecular flexibility index (Phi) is 2.69. The SMILES string of the molecule is COC1(N)CCCCCC1. The third-order valence-corrected chi connectivity index (χ3v) is 2.36. The van der Waals surface area contributed by atoms with Crippen LogP contribution in [0.1, 0.15) is 38.5 Å². The third kappa shape index (κ3) is 1.96. The topological polar surface area (TPSA) is 35.2 Å². The molecule has 0 aliphatic heterocycles. The molecule has 10 heavy (non-hydrogen) atoms. The van der Waals surface area contributed by atoms with Crippen LogP contribution in [0.3, 0.4) is 0 Å². The summed E-state index contributed by atoms with van der Waals surface area (Å²) in [5, 5.41) is 0. The van der Waals surface area contributed by atoms with E-state index in [1.807, 2.05) is 0 Å². The summed E-state index contributed by atoms with van der Waals surface area (Å²) >= 11 is 0. The minimum absolute atomic E-state index is 0.295. The van der Waals surface area contributed by atoms with Gasteiger partial charge in [0.15, 0.2) is 0 Å². The van der Waals surface area contributed by atoms with Crippen molar-refractivity contribution in [2.75, 3.05) is 7.11 Å². The van der Waals surface area contributed by atoms with Crippen molar-refractivity contribution in [3.8, 4) is 0 Å². The van der Waals surface area contributed by atoms with Gasteiger partial charge in [-0.3, -0.25) is 0 Å². The van der Waals surface area contributed by atoms with E-state index in [9.17, 15) is 0 Å². The molecular weight excluding hydrogens is 126 g/mol. The quantitative estimate of drug-likeness (QED) is 0.447. The van der Waals surface area contributed by atoms with E-state index >= 15 is 0 Å². The predicted octanol–water partition coefficient (Wildman–Crippen LogP) is 1.64. The molecule has 0 amide bonds. The molecule has 0 aromatic carbocycles. The molecule has 0 spiro atoms. The second-order valence-corrected chi connectivity index (χ2v) is 3.18. The van der Waals surface area contributed by atoms with Crippen molar-refractivity contribution in [1.82, 2.24) is 0 Å². The van der Waals surface area contributed by atoms with Gasteiger partial charge in [0.1, 0.15) is 5.72 Å². The Morgan fingerprint density at radius 2 is 1.60 bits per heavy atom. The van der Waals surface area contributed by atoms with Crippen molar-refractivity contribution < 1.29 is 4.74 Å². The smallest absolute Gasteiger partial charge is 0.116 e. The van der Waals surface area contributed by atoms with Crippen molar-refractivity contribution in [2.45, 2.75) is 44.2 Å². The molecule has 0 heterocycles. The monoisotopic (exact) mass is 143 g/mol. The highest BCUT2D eigenvalue weighted by atomic mass is 16.5. The summed E-state index contributed by atoms with van der Waals surface area (Å²) < 4.78 is 5.24. The first kappa shape index (κ1) is 8.02. The first-order valence-corrected chi connectivity index (χ1v) is 4.11. The van der Waals surface area contributed by atoms with Crippen LogP contribution in [-0.2, 0) is 4.74 Å². The lowest BCUT2D eigenvalue weighted by Crippen LogP contribution is -2.40. The fraction of sp³-hybridized carbons (Fsp3) is 1.00. The number of hydrogen-bond donors (Lipinski definition) is 1. The van der Waals surface area contributed by atoms with Crippen LogP contribution < -0.4 is 5.73 Å². The average Bonchev–Trinajstić information content (AvgIpc) is 2.15. The summed E-state index contributed by atoms with van der Waals surface area (Å²) in [6.45, 7) is 0. The largest absolute Gasteiger partial charge is 0.364 e. The first-order valence-electron chi connectivity index (χ1n) is 4.11. The van der Waals surface area contributed by atoms with Crippen LogP contribution in [0, 0.1) is 0 Å². The molecule has 2 N–H and O–H groups in total. The van der Waals surface area contributed by atoms with Crippen LogP contribution in [-0.4, -0.2) is 12.8 Å². The van der Waals surface area contributed by atoms with Crippen LogP contribution in [0.4, 0.5) is 0 Å². The molecule has 1 saturated carbocycles. The molecule has 2 nitrogen and oxygen atoms in total. The minimum atomic E-state index is -0.295. The molecule has 0 aromatic heterocycles. The summed E-state index contributed by atoms with van der Waals surface area (Å²) in [5.41, 5.74) is 5.64. The highest BCUT2D eigenvalue weighted by Gasteiger charge is 2.24. The van der Waals surface area contributed by atoms with Crippen molar-refractivity contribution in [3.63, 3.8) is 0 Å². The minimum Gasteiger partial charge on any atom is -0.364 e. The highest BCUT2D eigenvalue weighted by molar-refractivity contribution is 4.75. The van der Waals surface area contributed by atoms with Gasteiger partial charge in [0.05, 0.1) is 0 Å². The van der Waals surface area contributed by atoms with Gasteiger partial charge >= 0.3 is 0 Å². The zero-order valence-corrected chi connectivity index (χ0v) is 6.73. The zero-order chi connectivity index (χ0) is 7.45. The maximum atomic E-state index is 5.94. The number of ether oxygens (including phenoxy) is 1. The van der Waals surface area contributed by atoms with Gasteiger partial charge in [-0.05, 0) is 25.7 Å². The van der Waals surface area contributed by atoms with Crippen LogP contribution in [0.2, 0.25) is 0 Å². The molecule has 1 fully saturated rings. The lowest BCUT2D eigenvalue weighted by atomic mass is 10.1. The summed E-state index contributed by atoms with van der Waals surface area (Å²) in [7, 11) is 1.71. The Balaban J connectivity index is 2.41. The van der Waals surface area contributed by atoms with Gasteiger partial charge in [0.2, 0.25) is 0 Å². The summed E-state index contributed by atoms with van der Waals surface area (Å²) in [5.74, 6) is 0. The molecular formula is C8H17NO. The lowest BCUT2D eigenvalue weighted by Gasteiger charge is -2.25. The number of rotatable bonds is 1. The summed E-state index contributed by atoms with van der Waals surface area (Å²) in [6, 6.07) is 0. The Morgan fingerprint density at radius 3 is 2.00 bits per heavy atom. The Morgan fingerprint density at radius 1 is 1.10 bits per heavy atom. The van der Waals surface area contributed by atoms with Gasteiger partial charge in [-0.15, -0.1) is 0 Å². The fourth-order valence-electron chi connectivity index (χ4n) is 1.53. The molecule has 0 bridgehead atoms. The molecule has 0 saturated heterocycles. The van der Waals surface area contributed by atoms with E-state index in [0.29, 0.717) is 0 Å². The second kappa shape index (κ2) is 3.35. The van der Waals surface area contributed by atoms with E-state index < -0.39 is 0 Å². The van der Waals surface area contributed by atoms with E-state index in [1.165, 1.54) is 25.7 Å². The van der Waals surface area contributed by atoms with E-state index in [1.54, 1.807) is 7.11 Å². The van der Waals surface area contributed by atoms with Gasteiger partial charge in [-0.25, -0.2) is 0 Å². The van der Waals surface area contributed by atoms with Gasteiger partial charge < -0.3 is 10.5 Å². The number of methoxy groups -OCH3 is 1. The van der Waals surface area contributed by atoms with Gasteiger partial charge in [-0.2, -0.15) is 0 Å². The Bertz CT molecular complexity index is 95.4. The molecule has 1 rings (SSSR count). The van der Waals surface area contributed by atoms with Crippen molar-refractivity contribution in [3.05, 3.63) is 0 Å². The molecule has 2 heteroatoms. The average molecular weight is 143 g/mol. The lowest BCUT2D eigenvalue weighted by molar-refractivity contribution is -0.0172. The van der Waals surface area contributed by atoms with Gasteiger partial charge in [0, 0.05) is 7.11 Å². The molecule has 1 aliphatic rings. The molecule has 0 radical (unpaired) electrons. The van der Waals surface area contributed by atoms with Crippen LogP contribution in [0.5, 0.6) is 0 Å². The fourth-order valence-corrected chi connectivity index (χ4v) is 1.53. The summed E-state index contributed by atoms with van der Waals surface area (Å²) in [6.07, 6.45) is 7.16. The van der Waals surface area contributed by atoms with Crippen LogP contribution in [0.15, 0.2) is 0 Å². The molecule has 0 aromatic rings. The maximum Gasteiger partial charge on any atom is 0.116 e. The number of nitrogens with two attached hydrogens (primary N) is 1. The third-order valence-electron chi connectivity index (χ3n) is 2.36. The summed E-state index contributed by atoms with van der Waals surface area (Å²) in [4.78, 5) is 0. The predicted molar refractivity (Wildman–Crippen MR) is 41.6 cm³/mol. The van der Waals surface area contributed by atoms with Crippen LogP contribution >= 0.6 is 0 Å². The van der Waals surface area contributed by atoms with E-state index in [0.717, 1.165) is 12.8 Å². The van der Waals surface area contributed by atoms with Crippen molar-refractivity contribution >= 4 is 0 Å².